The Bertz CT molecular complexity index is 1210. The van der Waals surface area contributed by atoms with Crippen LogP contribution in [0.1, 0.15) is 21.5 Å². The Morgan fingerprint density at radius 3 is 2.23 bits per heavy atom. The van der Waals surface area contributed by atoms with E-state index in [0.717, 1.165) is 5.56 Å². The summed E-state index contributed by atoms with van der Waals surface area (Å²) in [4.78, 5) is 12.9. The Hall–Kier alpha value is -3.52. The summed E-state index contributed by atoms with van der Waals surface area (Å²) in [5, 5.41) is 2.75. The zero-order valence-corrected chi connectivity index (χ0v) is 18.5. The van der Waals surface area contributed by atoms with Gasteiger partial charge in [0.25, 0.3) is 15.9 Å². The monoisotopic (exact) mass is 440 g/mol. The zero-order chi connectivity index (χ0) is 22.6. The molecule has 0 aliphatic rings. The van der Waals surface area contributed by atoms with Crippen LogP contribution in [0.25, 0.3) is 0 Å². The fourth-order valence-electron chi connectivity index (χ4n) is 2.97. The van der Waals surface area contributed by atoms with Crippen molar-refractivity contribution in [2.24, 2.45) is 0 Å². The molecule has 0 unspecified atom stereocenters. The lowest BCUT2D eigenvalue weighted by atomic mass is 10.1. The number of hydrogen-bond donors (Lipinski definition) is 2. The van der Waals surface area contributed by atoms with Gasteiger partial charge in [-0.25, -0.2) is 8.42 Å². The average Bonchev–Trinajstić information content (AvgIpc) is 2.75. The van der Waals surface area contributed by atoms with Crippen LogP contribution in [-0.2, 0) is 10.0 Å². The number of hydrogen-bond acceptors (Lipinski definition) is 5. The van der Waals surface area contributed by atoms with Gasteiger partial charge in [-0.15, -0.1) is 0 Å². The summed E-state index contributed by atoms with van der Waals surface area (Å²) in [6.45, 7) is 3.60. The van der Waals surface area contributed by atoms with Crippen molar-refractivity contribution in [3.05, 3.63) is 77.4 Å². The molecule has 0 spiro atoms. The van der Waals surface area contributed by atoms with Gasteiger partial charge in [0, 0.05) is 17.3 Å². The number of ether oxygens (including phenoxy) is 2. The summed E-state index contributed by atoms with van der Waals surface area (Å²) in [6.07, 6.45) is 0. The van der Waals surface area contributed by atoms with Crippen molar-refractivity contribution >= 4 is 27.3 Å². The third-order valence-corrected chi connectivity index (χ3v) is 6.22. The largest absolute Gasteiger partial charge is 0.497 e. The Balaban J connectivity index is 1.90. The first-order chi connectivity index (χ1) is 14.7. The van der Waals surface area contributed by atoms with E-state index in [1.165, 1.54) is 20.3 Å². The first-order valence-electron chi connectivity index (χ1n) is 9.47. The highest BCUT2D eigenvalue weighted by Gasteiger charge is 2.20. The Labute approximate surface area is 182 Å². The molecule has 0 aromatic heterocycles. The molecule has 0 heterocycles. The number of carbonyl (C=O) groups excluding carboxylic acids is 1. The summed E-state index contributed by atoms with van der Waals surface area (Å²) in [5.74, 6) is 0.527. The van der Waals surface area contributed by atoms with Gasteiger partial charge < -0.3 is 14.8 Å². The van der Waals surface area contributed by atoms with Crippen LogP contribution >= 0.6 is 0 Å². The van der Waals surface area contributed by atoms with Crippen molar-refractivity contribution in [3.8, 4) is 11.5 Å². The standard InChI is InChI=1S/C23H24N2O5S/c1-15-5-9-18(10-6-15)25-31(27,28)22-13-17(8-7-16(22)2)23(26)24-20-14-19(29-3)11-12-21(20)30-4/h5-14,25H,1-4H3,(H,24,26). The highest BCUT2D eigenvalue weighted by molar-refractivity contribution is 7.92. The van der Waals surface area contributed by atoms with Gasteiger partial charge >= 0.3 is 0 Å². The van der Waals surface area contributed by atoms with Crippen molar-refractivity contribution in [1.82, 2.24) is 0 Å². The third kappa shape index (κ3) is 5.16. The molecule has 0 radical (unpaired) electrons. The lowest BCUT2D eigenvalue weighted by molar-refractivity contribution is 0.102. The quantitative estimate of drug-likeness (QED) is 0.569. The molecule has 0 fully saturated rings. The second-order valence-corrected chi connectivity index (χ2v) is 8.62. The molecule has 3 aromatic rings. The van der Waals surface area contributed by atoms with Crippen LogP contribution in [-0.4, -0.2) is 28.5 Å². The summed E-state index contributed by atoms with van der Waals surface area (Å²) < 4.78 is 38.9. The maximum Gasteiger partial charge on any atom is 0.262 e. The minimum atomic E-state index is -3.88. The summed E-state index contributed by atoms with van der Waals surface area (Å²) in [6, 6.07) is 16.5. The van der Waals surface area contributed by atoms with Crippen LogP contribution in [0.4, 0.5) is 11.4 Å². The van der Waals surface area contributed by atoms with Crippen LogP contribution in [0.3, 0.4) is 0 Å². The predicted octanol–water partition coefficient (Wildman–Crippen LogP) is 4.37. The number of methoxy groups -OCH3 is 2. The Kier molecular flexibility index (Phi) is 6.50. The number of benzene rings is 3. The second-order valence-electron chi connectivity index (χ2n) is 6.97. The molecule has 0 bridgehead atoms. The van der Waals surface area contributed by atoms with Gasteiger partial charge in [-0.3, -0.25) is 9.52 Å². The minimum Gasteiger partial charge on any atom is -0.497 e. The van der Waals surface area contributed by atoms with E-state index in [0.29, 0.717) is 28.4 Å². The maximum atomic E-state index is 12.9. The fourth-order valence-corrected chi connectivity index (χ4v) is 4.30. The molecule has 8 heteroatoms. The second kappa shape index (κ2) is 9.09. The molecule has 0 aliphatic carbocycles. The number of amides is 1. The molecular weight excluding hydrogens is 416 g/mol. The van der Waals surface area contributed by atoms with Crippen molar-refractivity contribution in [2.45, 2.75) is 18.7 Å². The molecular formula is C23H24N2O5S. The van der Waals surface area contributed by atoms with E-state index in [4.69, 9.17) is 9.47 Å². The van der Waals surface area contributed by atoms with Crippen LogP contribution in [0.5, 0.6) is 11.5 Å². The normalized spacial score (nSPS) is 11.0. The average molecular weight is 441 g/mol. The maximum absolute atomic E-state index is 12.9. The van der Waals surface area contributed by atoms with E-state index in [1.54, 1.807) is 49.4 Å². The summed E-state index contributed by atoms with van der Waals surface area (Å²) in [5.41, 5.74) is 2.59. The SMILES string of the molecule is COc1ccc(OC)c(NC(=O)c2ccc(C)c(S(=O)(=O)Nc3ccc(C)cc3)c2)c1. The number of nitrogens with one attached hydrogen (secondary N) is 2. The molecule has 7 nitrogen and oxygen atoms in total. The molecule has 1 amide bonds. The first kappa shape index (κ1) is 22.2. The molecule has 2 N–H and O–H groups in total. The fraction of sp³-hybridized carbons (Fsp3) is 0.174. The highest BCUT2D eigenvalue weighted by Crippen LogP contribution is 2.30. The molecule has 3 aromatic carbocycles. The number of aryl methyl sites for hydroxylation is 2. The summed E-state index contributed by atoms with van der Waals surface area (Å²) >= 11 is 0. The Morgan fingerprint density at radius 2 is 1.58 bits per heavy atom. The molecule has 0 saturated heterocycles. The van der Waals surface area contributed by atoms with E-state index >= 15 is 0 Å². The topological polar surface area (TPSA) is 93.7 Å². The van der Waals surface area contributed by atoms with Gasteiger partial charge in [-0.05, 0) is 55.8 Å². The number of carbonyl (C=O) groups is 1. The van der Waals surface area contributed by atoms with Crippen molar-refractivity contribution < 1.29 is 22.7 Å². The smallest absolute Gasteiger partial charge is 0.262 e. The van der Waals surface area contributed by atoms with Crippen LogP contribution in [0.2, 0.25) is 0 Å². The van der Waals surface area contributed by atoms with E-state index in [9.17, 15) is 13.2 Å². The van der Waals surface area contributed by atoms with Crippen molar-refractivity contribution in [2.75, 3.05) is 24.3 Å². The van der Waals surface area contributed by atoms with E-state index in [-0.39, 0.29) is 10.5 Å². The van der Waals surface area contributed by atoms with Gasteiger partial charge in [0.05, 0.1) is 24.8 Å². The molecule has 31 heavy (non-hydrogen) atoms. The minimum absolute atomic E-state index is 0.0262. The van der Waals surface area contributed by atoms with E-state index < -0.39 is 15.9 Å². The van der Waals surface area contributed by atoms with Crippen LogP contribution in [0, 0.1) is 13.8 Å². The molecule has 162 valence electrons. The van der Waals surface area contributed by atoms with E-state index in [1.807, 2.05) is 19.1 Å². The number of rotatable bonds is 7. The number of sulfonamides is 1. The van der Waals surface area contributed by atoms with Gasteiger partial charge in [-0.1, -0.05) is 23.8 Å². The van der Waals surface area contributed by atoms with Crippen LogP contribution in [0.15, 0.2) is 65.6 Å². The summed E-state index contributed by atoms with van der Waals surface area (Å²) in [7, 11) is -0.874. The zero-order valence-electron chi connectivity index (χ0n) is 17.7. The lowest BCUT2D eigenvalue weighted by Gasteiger charge is -2.14. The van der Waals surface area contributed by atoms with Gasteiger partial charge in [0.1, 0.15) is 11.5 Å². The Morgan fingerprint density at radius 1 is 0.871 bits per heavy atom. The van der Waals surface area contributed by atoms with Crippen molar-refractivity contribution in [3.63, 3.8) is 0 Å². The third-order valence-electron chi connectivity index (χ3n) is 4.70. The van der Waals surface area contributed by atoms with Gasteiger partial charge in [-0.2, -0.15) is 0 Å². The lowest BCUT2D eigenvalue weighted by Crippen LogP contribution is -2.17. The van der Waals surface area contributed by atoms with E-state index in [2.05, 4.69) is 10.0 Å². The van der Waals surface area contributed by atoms with Crippen LogP contribution < -0.4 is 19.5 Å². The first-order valence-corrected chi connectivity index (χ1v) is 11.0. The van der Waals surface area contributed by atoms with Crippen molar-refractivity contribution in [1.29, 1.82) is 0 Å². The molecule has 3 rings (SSSR count). The molecule has 0 atom stereocenters. The molecule has 0 saturated carbocycles. The number of anilines is 2. The van der Waals surface area contributed by atoms with Gasteiger partial charge in [0.15, 0.2) is 0 Å². The van der Waals surface area contributed by atoms with Gasteiger partial charge in [0.2, 0.25) is 0 Å². The predicted molar refractivity (Wildman–Crippen MR) is 121 cm³/mol. The molecule has 0 aliphatic heterocycles. The highest BCUT2D eigenvalue weighted by atomic mass is 32.2.